The lowest BCUT2D eigenvalue weighted by Crippen LogP contribution is -2.37. The van der Waals surface area contributed by atoms with Crippen molar-refractivity contribution in [1.29, 1.82) is 0 Å². The highest BCUT2D eigenvalue weighted by molar-refractivity contribution is 5.81. The molecule has 2 saturated heterocycles. The van der Waals surface area contributed by atoms with E-state index in [1.54, 1.807) is 0 Å². The smallest absolute Gasteiger partial charge is 0.251 e. The molecule has 0 saturated carbocycles. The first-order chi connectivity index (χ1) is 6.27. The van der Waals surface area contributed by atoms with Gasteiger partial charge in [-0.25, -0.2) is 0 Å². The molecular weight excluding hydrogens is 166 g/mol. The lowest BCUT2D eigenvalue weighted by Gasteiger charge is -2.19. The summed E-state index contributed by atoms with van der Waals surface area (Å²) in [7, 11) is 0. The summed E-state index contributed by atoms with van der Waals surface area (Å²) in [5.74, 6) is 0.224. The topological polar surface area (TPSA) is 29.5 Å². The molecular formula is C10H17NO2. The number of hydrogen-bond donors (Lipinski definition) is 0. The number of likely N-dealkylation sites (tertiary alicyclic amines) is 1. The summed E-state index contributed by atoms with van der Waals surface area (Å²) in [6, 6.07) is 0. The van der Waals surface area contributed by atoms with E-state index in [1.807, 2.05) is 11.8 Å². The zero-order valence-corrected chi connectivity index (χ0v) is 8.16. The van der Waals surface area contributed by atoms with E-state index in [0.29, 0.717) is 0 Å². The van der Waals surface area contributed by atoms with Crippen molar-refractivity contribution in [1.82, 2.24) is 4.90 Å². The van der Waals surface area contributed by atoms with Gasteiger partial charge in [-0.05, 0) is 32.6 Å². The predicted molar refractivity (Wildman–Crippen MR) is 49.4 cm³/mol. The molecule has 0 N–H and O–H groups in total. The maximum absolute atomic E-state index is 11.8. The third kappa shape index (κ3) is 1.85. The minimum absolute atomic E-state index is 0.131. The molecule has 1 amide bonds. The number of rotatable bonds is 1. The Balaban J connectivity index is 1.89. The first-order valence-corrected chi connectivity index (χ1v) is 5.21. The third-order valence-corrected chi connectivity index (χ3v) is 2.93. The highest BCUT2D eigenvalue weighted by atomic mass is 16.5. The fraction of sp³-hybridized carbons (Fsp3) is 0.900. The molecule has 2 fully saturated rings. The molecule has 3 nitrogen and oxygen atoms in total. The first kappa shape index (κ1) is 9.00. The van der Waals surface area contributed by atoms with Gasteiger partial charge in [0.15, 0.2) is 0 Å². The summed E-state index contributed by atoms with van der Waals surface area (Å²) in [4.78, 5) is 13.7. The Hall–Kier alpha value is -0.570. The normalized spacial score (nSPS) is 34.1. The number of carbonyl (C=O) groups excluding carboxylic acids is 1. The van der Waals surface area contributed by atoms with Gasteiger partial charge in [0.05, 0.1) is 6.10 Å². The van der Waals surface area contributed by atoms with Gasteiger partial charge in [0.2, 0.25) is 0 Å². The summed E-state index contributed by atoms with van der Waals surface area (Å²) in [6.45, 7) is 3.91. The van der Waals surface area contributed by atoms with E-state index < -0.39 is 0 Å². The third-order valence-electron chi connectivity index (χ3n) is 2.93. The number of carbonyl (C=O) groups is 1. The second-order valence-electron chi connectivity index (χ2n) is 4.05. The van der Waals surface area contributed by atoms with Gasteiger partial charge in [0, 0.05) is 13.1 Å². The van der Waals surface area contributed by atoms with Crippen molar-refractivity contribution in [3.63, 3.8) is 0 Å². The number of amides is 1. The lowest BCUT2D eigenvalue weighted by atomic mass is 10.2. The van der Waals surface area contributed by atoms with E-state index in [4.69, 9.17) is 4.74 Å². The highest BCUT2D eigenvalue weighted by Crippen LogP contribution is 2.22. The average molecular weight is 183 g/mol. The van der Waals surface area contributed by atoms with Gasteiger partial charge in [0.25, 0.3) is 5.91 Å². The van der Waals surface area contributed by atoms with Gasteiger partial charge in [-0.15, -0.1) is 0 Å². The molecule has 3 heteroatoms. The van der Waals surface area contributed by atoms with Crippen molar-refractivity contribution in [2.75, 3.05) is 13.1 Å². The molecule has 0 spiro atoms. The van der Waals surface area contributed by atoms with Crippen LogP contribution in [0.25, 0.3) is 0 Å². The molecule has 0 aromatic rings. The molecule has 2 rings (SSSR count). The fourth-order valence-electron chi connectivity index (χ4n) is 2.13. The summed E-state index contributed by atoms with van der Waals surface area (Å²) in [5.41, 5.74) is 0. The molecule has 2 unspecified atom stereocenters. The Kier molecular flexibility index (Phi) is 2.54. The van der Waals surface area contributed by atoms with Crippen molar-refractivity contribution in [2.45, 2.75) is 44.8 Å². The monoisotopic (exact) mass is 183 g/mol. The number of ether oxygens (including phenoxy) is 1. The van der Waals surface area contributed by atoms with Gasteiger partial charge in [-0.1, -0.05) is 0 Å². The summed E-state index contributed by atoms with van der Waals surface area (Å²) in [6.07, 6.45) is 4.41. The van der Waals surface area contributed by atoms with Gasteiger partial charge >= 0.3 is 0 Å². The molecule has 0 aromatic heterocycles. The molecule has 0 aromatic carbocycles. The second-order valence-corrected chi connectivity index (χ2v) is 4.05. The minimum Gasteiger partial charge on any atom is -0.365 e. The maximum Gasteiger partial charge on any atom is 0.251 e. The quantitative estimate of drug-likeness (QED) is 0.611. The molecule has 2 aliphatic heterocycles. The van der Waals surface area contributed by atoms with Crippen LogP contribution in [0.1, 0.15) is 32.6 Å². The Morgan fingerprint density at radius 3 is 2.54 bits per heavy atom. The first-order valence-electron chi connectivity index (χ1n) is 5.21. The van der Waals surface area contributed by atoms with Gasteiger partial charge in [0.1, 0.15) is 6.10 Å². The van der Waals surface area contributed by atoms with E-state index in [9.17, 15) is 4.79 Å². The van der Waals surface area contributed by atoms with Crippen molar-refractivity contribution >= 4 is 5.91 Å². The minimum atomic E-state index is -0.131. The molecule has 0 bridgehead atoms. The fourth-order valence-corrected chi connectivity index (χ4v) is 2.13. The van der Waals surface area contributed by atoms with E-state index in [0.717, 1.165) is 38.8 Å². The zero-order chi connectivity index (χ0) is 9.26. The Labute approximate surface area is 79.0 Å². The van der Waals surface area contributed by atoms with E-state index >= 15 is 0 Å². The van der Waals surface area contributed by atoms with E-state index in [-0.39, 0.29) is 18.1 Å². The van der Waals surface area contributed by atoms with Crippen LogP contribution in [0.5, 0.6) is 0 Å². The van der Waals surface area contributed by atoms with Gasteiger partial charge in [-0.2, -0.15) is 0 Å². The largest absolute Gasteiger partial charge is 0.365 e. The molecule has 0 radical (unpaired) electrons. The lowest BCUT2D eigenvalue weighted by molar-refractivity contribution is -0.141. The van der Waals surface area contributed by atoms with Crippen LogP contribution < -0.4 is 0 Å². The molecule has 2 atom stereocenters. The van der Waals surface area contributed by atoms with E-state index in [1.165, 1.54) is 0 Å². The van der Waals surface area contributed by atoms with Crippen LogP contribution in [0.15, 0.2) is 0 Å². The van der Waals surface area contributed by atoms with Crippen LogP contribution >= 0.6 is 0 Å². The average Bonchev–Trinajstić information content (AvgIpc) is 2.72. The maximum atomic E-state index is 11.8. The number of nitrogens with zero attached hydrogens (tertiary/aromatic N) is 1. The highest BCUT2D eigenvalue weighted by Gasteiger charge is 2.32. The van der Waals surface area contributed by atoms with Gasteiger partial charge < -0.3 is 9.64 Å². The zero-order valence-electron chi connectivity index (χ0n) is 8.16. The second kappa shape index (κ2) is 3.66. The van der Waals surface area contributed by atoms with Crippen molar-refractivity contribution in [2.24, 2.45) is 0 Å². The Morgan fingerprint density at radius 1 is 1.31 bits per heavy atom. The molecule has 13 heavy (non-hydrogen) atoms. The standard InChI is InChI=1S/C10H17NO2/c1-8-4-5-9(13-8)10(12)11-6-2-3-7-11/h8-9H,2-7H2,1H3. The van der Waals surface area contributed by atoms with Crippen molar-refractivity contribution < 1.29 is 9.53 Å². The Morgan fingerprint density at radius 2 is 2.00 bits per heavy atom. The van der Waals surface area contributed by atoms with Crippen molar-refractivity contribution in [3.8, 4) is 0 Å². The van der Waals surface area contributed by atoms with Crippen LogP contribution in [0.2, 0.25) is 0 Å². The van der Waals surface area contributed by atoms with E-state index in [2.05, 4.69) is 0 Å². The summed E-state index contributed by atoms with van der Waals surface area (Å²) >= 11 is 0. The summed E-state index contributed by atoms with van der Waals surface area (Å²) < 4.78 is 5.54. The van der Waals surface area contributed by atoms with Gasteiger partial charge in [-0.3, -0.25) is 4.79 Å². The predicted octanol–water partition coefficient (Wildman–Crippen LogP) is 1.18. The Bertz CT molecular complexity index is 199. The SMILES string of the molecule is CC1CCC(C(=O)N2CCCC2)O1. The molecule has 2 heterocycles. The number of hydrogen-bond acceptors (Lipinski definition) is 2. The van der Waals surface area contributed by atoms with Crippen LogP contribution in [-0.2, 0) is 9.53 Å². The molecule has 74 valence electrons. The molecule has 2 aliphatic rings. The van der Waals surface area contributed by atoms with Crippen LogP contribution in [0.3, 0.4) is 0 Å². The van der Waals surface area contributed by atoms with Crippen molar-refractivity contribution in [3.05, 3.63) is 0 Å². The summed E-state index contributed by atoms with van der Waals surface area (Å²) in [5, 5.41) is 0. The van der Waals surface area contributed by atoms with Crippen LogP contribution in [0.4, 0.5) is 0 Å². The molecule has 0 aliphatic carbocycles. The van der Waals surface area contributed by atoms with Crippen LogP contribution in [0, 0.1) is 0 Å². The van der Waals surface area contributed by atoms with Crippen LogP contribution in [-0.4, -0.2) is 36.1 Å².